The fourth-order valence-corrected chi connectivity index (χ4v) is 9.03. The Bertz CT molecular complexity index is 1900. The Morgan fingerprint density at radius 2 is 1.73 bits per heavy atom. The standard InChI is InChI=1S/C41H47N2O3S2/c1-7-10-22-47-40-31(25-37-41(4,5)33-23-29(45-6)16-18-34(33)42(37)20-8-2)39(44)32(40)26-38-43(21-9-3)35-19-17-30(24-36(35)48-38)46-27-28-14-12-11-13-15-28/h11-19,23-26H,7-10,20-22,27H2,1-6H3/q+1. The average Bonchev–Trinajstić information content (AvgIpc) is 3.54. The molecule has 250 valence electrons. The summed E-state index contributed by atoms with van der Waals surface area (Å²) in [5.74, 6) is 2.84. The number of methoxy groups -OCH3 is 1. The Balaban J connectivity index is 1.38. The first-order valence-electron chi connectivity index (χ1n) is 17.3. The SMILES string of the molecule is CCCCSC1=C(C=C2N(CCC)c3ccc(OC)cc3C2(C)C)C(=O)C1=Cc1sc2cc(OCc3ccccc3)ccc2[n+]1CCC. The number of nitrogens with zero attached hydrogens (tertiary/aromatic N) is 2. The molecule has 0 fully saturated rings. The minimum absolute atomic E-state index is 0.134. The van der Waals surface area contributed by atoms with Crippen molar-refractivity contribution in [2.75, 3.05) is 24.3 Å². The van der Waals surface area contributed by atoms with Gasteiger partial charge in [-0.15, -0.1) is 11.8 Å². The molecular weight excluding hydrogens is 633 g/mol. The van der Waals surface area contributed by atoms with E-state index in [1.807, 2.05) is 36.0 Å². The number of ether oxygens (including phenoxy) is 2. The van der Waals surface area contributed by atoms with Gasteiger partial charge in [0.1, 0.15) is 29.4 Å². The predicted octanol–water partition coefficient (Wildman–Crippen LogP) is 10.0. The minimum atomic E-state index is -0.263. The van der Waals surface area contributed by atoms with E-state index in [0.29, 0.717) is 6.61 Å². The van der Waals surface area contributed by atoms with Crippen LogP contribution >= 0.6 is 23.1 Å². The van der Waals surface area contributed by atoms with E-state index in [4.69, 9.17) is 9.47 Å². The van der Waals surface area contributed by atoms with Gasteiger partial charge in [-0.25, -0.2) is 0 Å². The summed E-state index contributed by atoms with van der Waals surface area (Å²) < 4.78 is 15.3. The molecule has 6 rings (SSSR count). The number of anilines is 1. The van der Waals surface area contributed by atoms with Gasteiger partial charge in [-0.2, -0.15) is 4.57 Å². The maximum Gasteiger partial charge on any atom is 0.263 e. The highest BCUT2D eigenvalue weighted by atomic mass is 32.2. The van der Waals surface area contributed by atoms with Gasteiger partial charge < -0.3 is 14.4 Å². The van der Waals surface area contributed by atoms with Crippen LogP contribution in [0.3, 0.4) is 0 Å². The van der Waals surface area contributed by atoms with Crippen molar-refractivity contribution in [1.29, 1.82) is 0 Å². The van der Waals surface area contributed by atoms with E-state index in [1.54, 1.807) is 18.4 Å². The lowest BCUT2D eigenvalue weighted by atomic mass is 9.81. The number of fused-ring (bicyclic) bond motifs is 2. The van der Waals surface area contributed by atoms with Gasteiger partial charge in [-0.3, -0.25) is 4.79 Å². The third kappa shape index (κ3) is 6.59. The molecule has 5 nitrogen and oxygen atoms in total. The first kappa shape index (κ1) is 34.1. The Kier molecular flexibility index (Phi) is 10.5. The number of benzene rings is 3. The highest BCUT2D eigenvalue weighted by Gasteiger charge is 2.42. The smallest absolute Gasteiger partial charge is 0.263 e. The number of thioether (sulfide) groups is 1. The highest BCUT2D eigenvalue weighted by molar-refractivity contribution is 8.03. The second kappa shape index (κ2) is 14.8. The zero-order valence-electron chi connectivity index (χ0n) is 29.1. The lowest BCUT2D eigenvalue weighted by Crippen LogP contribution is -2.35. The fraction of sp³-hybridized carbons (Fsp3) is 0.366. The van der Waals surface area contributed by atoms with Crippen LogP contribution in [0.2, 0.25) is 0 Å². The Morgan fingerprint density at radius 3 is 2.46 bits per heavy atom. The molecule has 48 heavy (non-hydrogen) atoms. The maximum absolute atomic E-state index is 14.2. The molecule has 7 heteroatoms. The van der Waals surface area contributed by atoms with Crippen molar-refractivity contribution in [1.82, 2.24) is 0 Å². The molecule has 0 unspecified atom stereocenters. The first-order chi connectivity index (χ1) is 23.3. The number of hydrogen-bond acceptors (Lipinski definition) is 6. The molecule has 3 aromatic carbocycles. The van der Waals surface area contributed by atoms with Crippen molar-refractivity contribution in [2.24, 2.45) is 0 Å². The third-order valence-electron chi connectivity index (χ3n) is 9.22. The number of allylic oxidation sites excluding steroid dienone is 4. The molecule has 2 heterocycles. The number of carbonyl (C=O) groups is 1. The van der Waals surface area contributed by atoms with Crippen molar-refractivity contribution in [3.8, 4) is 11.5 Å². The molecule has 2 aliphatic rings. The number of rotatable bonds is 14. The van der Waals surface area contributed by atoms with Crippen molar-refractivity contribution < 1.29 is 18.8 Å². The molecule has 0 atom stereocenters. The van der Waals surface area contributed by atoms with Gasteiger partial charge in [0.2, 0.25) is 5.52 Å². The average molecular weight is 680 g/mol. The Labute approximate surface area is 294 Å². The molecule has 4 aromatic rings. The lowest BCUT2D eigenvalue weighted by molar-refractivity contribution is -0.668. The van der Waals surface area contributed by atoms with Crippen LogP contribution in [0.4, 0.5) is 5.69 Å². The number of carbonyl (C=O) groups excluding carboxylic acids is 1. The van der Waals surface area contributed by atoms with Crippen LogP contribution in [0, 0.1) is 0 Å². The van der Waals surface area contributed by atoms with Gasteiger partial charge >= 0.3 is 0 Å². The van der Waals surface area contributed by atoms with E-state index in [-0.39, 0.29) is 11.2 Å². The van der Waals surface area contributed by atoms with E-state index in [1.165, 1.54) is 22.5 Å². The summed E-state index contributed by atoms with van der Waals surface area (Å²) in [6.07, 6.45) is 8.59. The zero-order valence-corrected chi connectivity index (χ0v) is 30.7. The van der Waals surface area contributed by atoms with Gasteiger partial charge in [0, 0.05) is 64.0 Å². The number of aryl methyl sites for hydroxylation is 1. The molecule has 0 amide bonds. The monoisotopic (exact) mass is 679 g/mol. The van der Waals surface area contributed by atoms with Gasteiger partial charge in [-0.05, 0) is 60.1 Å². The summed E-state index contributed by atoms with van der Waals surface area (Å²) in [7, 11) is 1.72. The van der Waals surface area contributed by atoms with Gasteiger partial charge in [0.15, 0.2) is 5.78 Å². The molecule has 0 bridgehead atoms. The van der Waals surface area contributed by atoms with Crippen LogP contribution in [0.25, 0.3) is 16.3 Å². The Morgan fingerprint density at radius 1 is 0.938 bits per heavy atom. The van der Waals surface area contributed by atoms with E-state index in [2.05, 4.69) is 98.7 Å². The minimum Gasteiger partial charge on any atom is -0.497 e. The molecule has 0 radical (unpaired) electrons. The third-order valence-corrected chi connectivity index (χ3v) is 11.5. The van der Waals surface area contributed by atoms with E-state index in [0.717, 1.165) is 87.3 Å². The van der Waals surface area contributed by atoms with E-state index < -0.39 is 0 Å². The topological polar surface area (TPSA) is 42.6 Å². The largest absolute Gasteiger partial charge is 0.497 e. The normalized spacial score (nSPS) is 17.0. The molecule has 1 aliphatic carbocycles. The molecule has 0 saturated carbocycles. The fourth-order valence-electron chi connectivity index (χ4n) is 6.61. The van der Waals surface area contributed by atoms with E-state index >= 15 is 0 Å². The Hall–Kier alpha value is -3.81. The van der Waals surface area contributed by atoms with Gasteiger partial charge in [0.05, 0.1) is 7.11 Å². The number of Topliss-reactive ketones (excluding diaryl/α,β-unsaturated/α-hetero) is 1. The van der Waals surface area contributed by atoms with Gasteiger partial charge in [0.25, 0.3) is 5.01 Å². The summed E-state index contributed by atoms with van der Waals surface area (Å²) in [5, 5.41) is 1.10. The van der Waals surface area contributed by atoms with Crippen LogP contribution in [0.15, 0.2) is 94.6 Å². The summed E-state index contributed by atoms with van der Waals surface area (Å²) in [5.41, 5.74) is 7.35. The summed E-state index contributed by atoms with van der Waals surface area (Å²) >= 11 is 3.56. The molecule has 0 spiro atoms. The number of ketones is 1. The van der Waals surface area contributed by atoms with Crippen molar-refractivity contribution >= 4 is 50.9 Å². The van der Waals surface area contributed by atoms with Crippen molar-refractivity contribution in [3.05, 3.63) is 111 Å². The second-order valence-electron chi connectivity index (χ2n) is 13.0. The number of unbranched alkanes of at least 4 members (excludes halogenated alkanes) is 1. The van der Waals surface area contributed by atoms with E-state index in [9.17, 15) is 4.79 Å². The maximum atomic E-state index is 14.2. The molecule has 0 saturated heterocycles. The molecular formula is C41H47N2O3S2+. The highest BCUT2D eigenvalue weighted by Crippen LogP contribution is 2.51. The summed E-state index contributed by atoms with van der Waals surface area (Å²) in [6.45, 7) is 13.5. The lowest BCUT2D eigenvalue weighted by Gasteiger charge is -2.30. The quantitative estimate of drug-likeness (QED) is 0.0754. The summed E-state index contributed by atoms with van der Waals surface area (Å²) in [6, 6.07) is 23.0. The van der Waals surface area contributed by atoms with Crippen LogP contribution in [-0.4, -0.2) is 25.2 Å². The molecule has 1 aliphatic heterocycles. The molecule has 0 N–H and O–H groups in total. The predicted molar refractivity (Wildman–Crippen MR) is 202 cm³/mol. The van der Waals surface area contributed by atoms with Crippen molar-refractivity contribution in [3.63, 3.8) is 0 Å². The summed E-state index contributed by atoms with van der Waals surface area (Å²) in [4.78, 5) is 17.7. The first-order valence-corrected chi connectivity index (χ1v) is 19.1. The van der Waals surface area contributed by atoms with Crippen LogP contribution in [-0.2, 0) is 23.4 Å². The zero-order chi connectivity index (χ0) is 33.8. The van der Waals surface area contributed by atoms with Crippen LogP contribution in [0.1, 0.15) is 76.4 Å². The number of thiazole rings is 1. The van der Waals surface area contributed by atoms with Crippen LogP contribution < -0.4 is 18.9 Å². The van der Waals surface area contributed by atoms with Crippen LogP contribution in [0.5, 0.6) is 11.5 Å². The molecule has 1 aromatic heterocycles. The number of aromatic nitrogens is 1. The van der Waals surface area contributed by atoms with Crippen molar-refractivity contribution in [2.45, 2.75) is 78.9 Å². The second-order valence-corrected chi connectivity index (χ2v) is 15.2. The number of hydrogen-bond donors (Lipinski definition) is 0. The van der Waals surface area contributed by atoms with Gasteiger partial charge in [-0.1, -0.05) is 82.7 Å².